The number of hydrogen-bond donors (Lipinski definition) is 1. The van der Waals surface area contributed by atoms with Crippen molar-refractivity contribution in [1.29, 1.82) is 0 Å². The first-order chi connectivity index (χ1) is 20.7. The average molecular weight is 627 g/mol. The van der Waals surface area contributed by atoms with Gasteiger partial charge in [0.15, 0.2) is 0 Å². The van der Waals surface area contributed by atoms with Crippen molar-refractivity contribution < 1.29 is 22.4 Å². The van der Waals surface area contributed by atoms with Gasteiger partial charge in [0.1, 0.15) is 5.82 Å². The molecule has 3 aromatic carbocycles. The van der Waals surface area contributed by atoms with Crippen LogP contribution < -0.4 is 5.32 Å². The Kier molecular flexibility index (Phi) is 8.42. The van der Waals surface area contributed by atoms with Crippen molar-refractivity contribution in [3.8, 4) is 16.9 Å². The summed E-state index contributed by atoms with van der Waals surface area (Å²) in [6, 6.07) is 12.6. The van der Waals surface area contributed by atoms with Gasteiger partial charge in [0, 0.05) is 31.1 Å². The van der Waals surface area contributed by atoms with Crippen molar-refractivity contribution in [2.24, 2.45) is 0 Å². The van der Waals surface area contributed by atoms with E-state index in [1.807, 2.05) is 36.7 Å². The van der Waals surface area contributed by atoms with Crippen LogP contribution in [0.3, 0.4) is 0 Å². The van der Waals surface area contributed by atoms with Crippen LogP contribution in [0.1, 0.15) is 73.7 Å². The van der Waals surface area contributed by atoms with Gasteiger partial charge in [-0.15, -0.1) is 0 Å². The molecule has 1 aromatic heterocycles. The fourth-order valence-corrected chi connectivity index (χ4v) is 6.29. The second-order valence-corrected chi connectivity index (χ2v) is 12.2. The highest BCUT2D eigenvalue weighted by molar-refractivity contribution is 6.34. The molecule has 2 heterocycles. The Hall–Kier alpha value is -3.69. The van der Waals surface area contributed by atoms with Crippen LogP contribution in [-0.2, 0) is 42.4 Å². The number of anilines is 1. The third-order valence-electron chi connectivity index (χ3n) is 8.53. The van der Waals surface area contributed by atoms with Gasteiger partial charge in [-0.25, -0.2) is 9.07 Å². The number of para-hydroxylation sites is 1. The maximum Gasteiger partial charge on any atom is 0.416 e. The topological polar surface area (TPSA) is 50.2 Å². The van der Waals surface area contributed by atoms with Crippen molar-refractivity contribution in [2.75, 3.05) is 5.32 Å². The maximum atomic E-state index is 16.0. The van der Waals surface area contributed by atoms with Gasteiger partial charge in [0.25, 0.3) is 0 Å². The molecule has 0 bridgehead atoms. The van der Waals surface area contributed by atoms with Gasteiger partial charge in [-0.3, -0.25) is 9.69 Å². The van der Waals surface area contributed by atoms with Gasteiger partial charge in [-0.2, -0.15) is 18.3 Å². The summed E-state index contributed by atoms with van der Waals surface area (Å²) in [7, 11) is 0. The third kappa shape index (κ3) is 5.63. The van der Waals surface area contributed by atoms with Crippen molar-refractivity contribution in [3.63, 3.8) is 0 Å². The summed E-state index contributed by atoms with van der Waals surface area (Å²) in [5.41, 5.74) is 5.55. The molecule has 0 saturated carbocycles. The van der Waals surface area contributed by atoms with Gasteiger partial charge >= 0.3 is 6.18 Å². The molecule has 5 nitrogen and oxygen atoms in total. The van der Waals surface area contributed by atoms with Crippen LogP contribution in [-0.4, -0.2) is 20.6 Å². The molecule has 1 amide bonds. The van der Waals surface area contributed by atoms with E-state index >= 15 is 4.39 Å². The number of aryl methyl sites for hydroxylation is 3. The molecule has 1 aliphatic heterocycles. The summed E-state index contributed by atoms with van der Waals surface area (Å²) >= 11 is 6.58. The largest absolute Gasteiger partial charge is 0.416 e. The minimum absolute atomic E-state index is 0.172. The zero-order valence-corrected chi connectivity index (χ0v) is 26.3. The van der Waals surface area contributed by atoms with E-state index in [1.54, 1.807) is 6.92 Å². The van der Waals surface area contributed by atoms with E-state index in [2.05, 4.69) is 24.1 Å². The van der Waals surface area contributed by atoms with Crippen LogP contribution in [0.25, 0.3) is 16.9 Å². The number of benzene rings is 3. The molecule has 5 rings (SSSR count). The van der Waals surface area contributed by atoms with Crippen LogP contribution in [0.5, 0.6) is 0 Å². The number of nitrogens with zero attached hydrogens (tertiary/aromatic N) is 3. The Bertz CT molecular complexity index is 1740. The van der Waals surface area contributed by atoms with Crippen LogP contribution in [0.2, 0.25) is 5.02 Å². The summed E-state index contributed by atoms with van der Waals surface area (Å²) in [6.07, 6.45) is -2.95. The molecule has 232 valence electrons. The Morgan fingerprint density at radius 2 is 1.70 bits per heavy atom. The standard InChI is InChI=1S/C34H35ClF4N4O/c1-7-21-10-9-11-22(8-2)30(21)43-31(25-15-27(35)29(16-28(25)36)40-20(4)44)26-18-42(33(5,6)32(26)41-43)17-23-12-13-24(14-19(23)3)34(37,38)39/h9-16H,7-8,17-18H2,1-6H3,(H,40,44). The number of hydrogen-bond acceptors (Lipinski definition) is 3. The number of amides is 1. The maximum absolute atomic E-state index is 16.0. The molecule has 0 spiro atoms. The lowest BCUT2D eigenvalue weighted by Crippen LogP contribution is -2.36. The molecule has 1 N–H and O–H groups in total. The van der Waals surface area contributed by atoms with E-state index in [0.717, 1.165) is 52.5 Å². The number of fused-ring (bicyclic) bond motifs is 1. The van der Waals surface area contributed by atoms with Gasteiger partial charge in [-0.1, -0.05) is 49.7 Å². The summed E-state index contributed by atoms with van der Waals surface area (Å²) in [4.78, 5) is 13.9. The van der Waals surface area contributed by atoms with E-state index in [9.17, 15) is 18.0 Å². The monoisotopic (exact) mass is 626 g/mol. The molecule has 0 unspecified atom stereocenters. The smallest absolute Gasteiger partial charge is 0.325 e. The van der Waals surface area contributed by atoms with Crippen molar-refractivity contribution in [2.45, 2.75) is 79.2 Å². The number of aromatic nitrogens is 2. The van der Waals surface area contributed by atoms with Gasteiger partial charge in [0.05, 0.1) is 38.9 Å². The van der Waals surface area contributed by atoms with Crippen LogP contribution in [0, 0.1) is 12.7 Å². The first-order valence-corrected chi connectivity index (χ1v) is 15.0. The second kappa shape index (κ2) is 11.7. The molecule has 4 aromatic rings. The first kappa shape index (κ1) is 31.7. The summed E-state index contributed by atoms with van der Waals surface area (Å²) in [6.45, 7) is 11.9. The molecule has 0 atom stereocenters. The minimum atomic E-state index is -4.42. The predicted molar refractivity (Wildman–Crippen MR) is 165 cm³/mol. The number of halogens is 5. The van der Waals surface area contributed by atoms with E-state index in [1.165, 1.54) is 31.2 Å². The van der Waals surface area contributed by atoms with Crippen LogP contribution in [0.4, 0.5) is 23.2 Å². The first-order valence-electron chi connectivity index (χ1n) is 14.6. The lowest BCUT2D eigenvalue weighted by molar-refractivity contribution is -0.137. The number of carbonyl (C=O) groups is 1. The lowest BCUT2D eigenvalue weighted by atomic mass is 9.97. The molecule has 0 aliphatic carbocycles. The molecule has 0 radical (unpaired) electrons. The quantitative estimate of drug-likeness (QED) is 0.208. The van der Waals surface area contributed by atoms with E-state index in [0.29, 0.717) is 24.3 Å². The fourth-order valence-electron chi connectivity index (χ4n) is 6.08. The van der Waals surface area contributed by atoms with E-state index < -0.39 is 23.1 Å². The van der Waals surface area contributed by atoms with E-state index in [-0.39, 0.29) is 22.2 Å². The summed E-state index contributed by atoms with van der Waals surface area (Å²) in [5, 5.41) is 7.92. The van der Waals surface area contributed by atoms with Gasteiger partial charge in [0.2, 0.25) is 5.91 Å². The Morgan fingerprint density at radius 1 is 1.05 bits per heavy atom. The molecular weight excluding hydrogens is 592 g/mol. The van der Waals surface area contributed by atoms with Crippen molar-refractivity contribution >= 4 is 23.2 Å². The van der Waals surface area contributed by atoms with Crippen molar-refractivity contribution in [1.82, 2.24) is 14.7 Å². The van der Waals surface area contributed by atoms with Gasteiger partial charge < -0.3 is 5.32 Å². The lowest BCUT2D eigenvalue weighted by Gasteiger charge is -2.32. The molecule has 0 fully saturated rings. The van der Waals surface area contributed by atoms with Gasteiger partial charge in [-0.05, 0) is 80.1 Å². The average Bonchev–Trinajstić information content (AvgIpc) is 3.43. The Morgan fingerprint density at radius 3 is 2.27 bits per heavy atom. The molecule has 1 aliphatic rings. The molecule has 10 heteroatoms. The predicted octanol–water partition coefficient (Wildman–Crippen LogP) is 8.99. The van der Waals surface area contributed by atoms with E-state index in [4.69, 9.17) is 16.7 Å². The number of nitrogens with one attached hydrogen (secondary N) is 1. The van der Waals surface area contributed by atoms with Crippen LogP contribution in [0.15, 0.2) is 48.5 Å². The molecule has 44 heavy (non-hydrogen) atoms. The fraction of sp³-hybridized carbons (Fsp3) is 0.353. The summed E-state index contributed by atoms with van der Waals surface area (Å²) < 4.78 is 57.8. The molecule has 0 saturated heterocycles. The highest BCUT2D eigenvalue weighted by Crippen LogP contribution is 2.46. The number of carbonyl (C=O) groups excluding carboxylic acids is 1. The highest BCUT2D eigenvalue weighted by Gasteiger charge is 2.44. The van der Waals surface area contributed by atoms with Crippen molar-refractivity contribution in [3.05, 3.63) is 98.4 Å². The second-order valence-electron chi connectivity index (χ2n) is 11.8. The highest BCUT2D eigenvalue weighted by atomic mass is 35.5. The third-order valence-corrected chi connectivity index (χ3v) is 8.85. The number of rotatable bonds is 7. The zero-order valence-electron chi connectivity index (χ0n) is 25.6. The number of alkyl halides is 3. The Labute approximate surface area is 259 Å². The SMILES string of the molecule is CCc1cccc(CC)c1-n1nc2c(c1-c1cc(Cl)c(NC(C)=O)cc1F)CN(Cc1ccc(C(F)(F)F)cc1C)C2(C)C. The normalized spacial score (nSPS) is 14.6. The molecular formula is C34H35ClF4N4O. The zero-order chi connectivity index (χ0) is 32.1. The summed E-state index contributed by atoms with van der Waals surface area (Å²) in [5.74, 6) is -0.936. The minimum Gasteiger partial charge on any atom is -0.325 e. The Balaban J connectivity index is 1.69. The van der Waals surface area contributed by atoms with Crippen LogP contribution >= 0.6 is 11.6 Å².